The normalized spacial score (nSPS) is 10.9. The summed E-state index contributed by atoms with van der Waals surface area (Å²) in [6.45, 7) is 7.73. The van der Waals surface area contributed by atoms with Gasteiger partial charge in [0, 0.05) is 10.8 Å². The summed E-state index contributed by atoms with van der Waals surface area (Å²) in [6.07, 6.45) is 0. The zero-order valence-corrected chi connectivity index (χ0v) is 9.77. The van der Waals surface area contributed by atoms with Crippen LogP contribution in [0, 0.1) is 13.8 Å². The third kappa shape index (κ3) is 2.15. The third-order valence-corrected chi connectivity index (χ3v) is 3.23. The number of aryl methyl sites for hydroxylation is 1. The van der Waals surface area contributed by atoms with Crippen LogP contribution >= 0.6 is 11.8 Å². The molecule has 0 unspecified atom stereocenters. The predicted molar refractivity (Wildman–Crippen MR) is 60.2 cm³/mol. The lowest BCUT2D eigenvalue weighted by Crippen LogP contribution is -1.91. The summed E-state index contributed by atoms with van der Waals surface area (Å²) in [5, 5.41) is 19.8. The van der Waals surface area contributed by atoms with Crippen LogP contribution < -0.4 is 0 Å². The molecule has 0 aliphatic heterocycles. The number of hydrogen-bond acceptors (Lipinski definition) is 3. The number of thioether (sulfide) groups is 1. The maximum atomic E-state index is 9.82. The topological polar surface area (TPSA) is 40.5 Å². The minimum absolute atomic E-state index is 0.253. The molecule has 0 heterocycles. The second-order valence-corrected chi connectivity index (χ2v) is 5.27. The van der Waals surface area contributed by atoms with Gasteiger partial charge in [0.1, 0.15) is 11.5 Å². The summed E-state index contributed by atoms with van der Waals surface area (Å²) >= 11 is 1.57. The molecule has 1 aromatic rings. The van der Waals surface area contributed by atoms with Crippen molar-refractivity contribution < 1.29 is 10.2 Å². The fourth-order valence-corrected chi connectivity index (χ4v) is 2.26. The first-order chi connectivity index (χ1) is 6.43. The van der Waals surface area contributed by atoms with E-state index in [2.05, 4.69) is 13.8 Å². The average molecular weight is 212 g/mol. The molecule has 3 heteroatoms. The lowest BCUT2D eigenvalue weighted by molar-refractivity contribution is 0.441. The zero-order chi connectivity index (χ0) is 10.9. The Morgan fingerprint density at radius 2 is 1.79 bits per heavy atom. The highest BCUT2D eigenvalue weighted by molar-refractivity contribution is 8.00. The van der Waals surface area contributed by atoms with Crippen LogP contribution in [0.1, 0.15) is 25.0 Å². The van der Waals surface area contributed by atoms with Crippen LogP contribution in [0.2, 0.25) is 0 Å². The standard InChI is InChI=1S/C11H16O2S/c1-6(2)14-11-8(4)9(12)5-7(3)10(11)13/h5-6,12-13H,1-4H3. The summed E-state index contributed by atoms with van der Waals surface area (Å²) in [5.74, 6) is 0.544. The van der Waals surface area contributed by atoms with Gasteiger partial charge in [-0.15, -0.1) is 11.8 Å². The van der Waals surface area contributed by atoms with E-state index in [0.29, 0.717) is 11.0 Å². The Kier molecular flexibility index (Phi) is 3.32. The molecule has 0 bridgehead atoms. The first-order valence-electron chi connectivity index (χ1n) is 4.62. The molecule has 0 aliphatic rings. The number of phenols is 2. The van der Waals surface area contributed by atoms with Gasteiger partial charge in [-0.1, -0.05) is 13.8 Å². The van der Waals surface area contributed by atoms with Crippen molar-refractivity contribution in [1.29, 1.82) is 0 Å². The molecule has 0 radical (unpaired) electrons. The van der Waals surface area contributed by atoms with Gasteiger partial charge in [0.15, 0.2) is 0 Å². The SMILES string of the molecule is Cc1cc(O)c(C)c(SC(C)C)c1O. The minimum Gasteiger partial charge on any atom is -0.508 e. The summed E-state index contributed by atoms with van der Waals surface area (Å²) in [5.41, 5.74) is 1.48. The van der Waals surface area contributed by atoms with Gasteiger partial charge in [-0.2, -0.15) is 0 Å². The van der Waals surface area contributed by atoms with Crippen LogP contribution in [0.15, 0.2) is 11.0 Å². The summed E-state index contributed by atoms with van der Waals surface area (Å²) in [6, 6.07) is 1.59. The molecule has 0 saturated carbocycles. The molecule has 0 aliphatic carbocycles. The fraction of sp³-hybridized carbons (Fsp3) is 0.455. The van der Waals surface area contributed by atoms with E-state index in [1.54, 1.807) is 24.8 Å². The van der Waals surface area contributed by atoms with Gasteiger partial charge < -0.3 is 10.2 Å². The van der Waals surface area contributed by atoms with Gasteiger partial charge in [-0.05, 0) is 25.5 Å². The van der Waals surface area contributed by atoms with Gasteiger partial charge >= 0.3 is 0 Å². The smallest absolute Gasteiger partial charge is 0.132 e. The van der Waals surface area contributed by atoms with Gasteiger partial charge in [0.05, 0.1) is 4.90 Å². The van der Waals surface area contributed by atoms with Crippen LogP contribution in [-0.2, 0) is 0 Å². The molecule has 2 N–H and O–H groups in total. The van der Waals surface area contributed by atoms with Crippen molar-refractivity contribution >= 4 is 11.8 Å². The molecule has 78 valence electrons. The Hall–Kier alpha value is -0.830. The number of hydrogen-bond donors (Lipinski definition) is 2. The molecule has 0 aromatic heterocycles. The Morgan fingerprint density at radius 1 is 1.21 bits per heavy atom. The number of aromatic hydroxyl groups is 2. The quantitative estimate of drug-likeness (QED) is 0.584. The molecule has 0 amide bonds. The van der Waals surface area contributed by atoms with Crippen molar-refractivity contribution in [2.75, 3.05) is 0 Å². The monoisotopic (exact) mass is 212 g/mol. The van der Waals surface area contributed by atoms with Crippen LogP contribution in [0.4, 0.5) is 0 Å². The van der Waals surface area contributed by atoms with E-state index in [1.165, 1.54) is 0 Å². The fourth-order valence-electron chi connectivity index (χ4n) is 1.23. The molecule has 0 atom stereocenters. The highest BCUT2D eigenvalue weighted by Gasteiger charge is 2.13. The van der Waals surface area contributed by atoms with Crippen LogP contribution in [-0.4, -0.2) is 15.5 Å². The summed E-state index contributed by atoms with van der Waals surface area (Å²) < 4.78 is 0. The predicted octanol–water partition coefficient (Wildman–Crippen LogP) is 3.22. The lowest BCUT2D eigenvalue weighted by Gasteiger charge is -2.13. The second kappa shape index (κ2) is 4.13. The van der Waals surface area contributed by atoms with Crippen LogP contribution in [0.3, 0.4) is 0 Å². The molecule has 14 heavy (non-hydrogen) atoms. The second-order valence-electron chi connectivity index (χ2n) is 3.68. The van der Waals surface area contributed by atoms with E-state index in [-0.39, 0.29) is 5.75 Å². The number of rotatable bonds is 2. The molecular weight excluding hydrogens is 196 g/mol. The van der Waals surface area contributed by atoms with Gasteiger partial charge in [-0.3, -0.25) is 0 Å². The van der Waals surface area contributed by atoms with Gasteiger partial charge in [0.25, 0.3) is 0 Å². The largest absolute Gasteiger partial charge is 0.508 e. The Morgan fingerprint density at radius 3 is 2.29 bits per heavy atom. The zero-order valence-electron chi connectivity index (χ0n) is 8.96. The van der Waals surface area contributed by atoms with Crippen LogP contribution in [0.25, 0.3) is 0 Å². The third-order valence-electron chi connectivity index (χ3n) is 2.02. The van der Waals surface area contributed by atoms with E-state index in [1.807, 2.05) is 6.92 Å². The molecule has 0 saturated heterocycles. The van der Waals surface area contributed by atoms with Crippen molar-refractivity contribution in [1.82, 2.24) is 0 Å². The average Bonchev–Trinajstić information content (AvgIpc) is 2.09. The van der Waals surface area contributed by atoms with Crippen molar-refractivity contribution in [3.05, 3.63) is 17.2 Å². The molecular formula is C11H16O2S. The van der Waals surface area contributed by atoms with Crippen LogP contribution in [0.5, 0.6) is 11.5 Å². The molecule has 1 aromatic carbocycles. The van der Waals surface area contributed by atoms with Crippen molar-refractivity contribution in [2.24, 2.45) is 0 Å². The lowest BCUT2D eigenvalue weighted by atomic mass is 10.1. The first-order valence-corrected chi connectivity index (χ1v) is 5.50. The number of benzene rings is 1. The minimum atomic E-state index is 0.253. The maximum absolute atomic E-state index is 9.82. The van der Waals surface area contributed by atoms with Crippen molar-refractivity contribution in [3.63, 3.8) is 0 Å². The van der Waals surface area contributed by atoms with E-state index in [0.717, 1.165) is 16.0 Å². The maximum Gasteiger partial charge on any atom is 0.132 e. The van der Waals surface area contributed by atoms with Gasteiger partial charge in [-0.25, -0.2) is 0 Å². The highest BCUT2D eigenvalue weighted by atomic mass is 32.2. The Bertz CT molecular complexity index is 319. The Balaban J connectivity index is 3.25. The first kappa shape index (κ1) is 11.2. The summed E-state index contributed by atoms with van der Waals surface area (Å²) in [4.78, 5) is 0.789. The van der Waals surface area contributed by atoms with Gasteiger partial charge in [0.2, 0.25) is 0 Å². The van der Waals surface area contributed by atoms with E-state index in [9.17, 15) is 10.2 Å². The Labute approximate surface area is 89.0 Å². The summed E-state index contributed by atoms with van der Waals surface area (Å²) in [7, 11) is 0. The van der Waals surface area contributed by atoms with Crippen molar-refractivity contribution in [2.45, 2.75) is 37.8 Å². The molecule has 1 rings (SSSR count). The highest BCUT2D eigenvalue weighted by Crippen LogP contribution is 2.40. The molecule has 2 nitrogen and oxygen atoms in total. The molecule has 0 spiro atoms. The number of phenolic OH excluding ortho intramolecular Hbond substituents is 2. The van der Waals surface area contributed by atoms with E-state index < -0.39 is 0 Å². The van der Waals surface area contributed by atoms with E-state index >= 15 is 0 Å². The molecule has 0 fully saturated rings. The van der Waals surface area contributed by atoms with E-state index in [4.69, 9.17) is 0 Å². The van der Waals surface area contributed by atoms with Crippen molar-refractivity contribution in [3.8, 4) is 11.5 Å².